The number of rotatable bonds is 18. The van der Waals surface area contributed by atoms with Crippen LogP contribution in [-0.2, 0) is 11.8 Å². The zero-order chi connectivity index (χ0) is 29.8. The summed E-state index contributed by atoms with van der Waals surface area (Å²) in [5.41, 5.74) is 9.74. The van der Waals surface area contributed by atoms with Crippen molar-refractivity contribution in [3.05, 3.63) is 71.3 Å². The molecule has 1 aliphatic heterocycles. The number of H-pyrrole nitrogens is 1. The first-order chi connectivity index (χ1) is 20.4. The van der Waals surface area contributed by atoms with E-state index in [1.165, 1.54) is 43.4 Å². The topological polar surface area (TPSA) is 124 Å². The maximum atomic E-state index is 10.6. The number of nitrogens with two attached hydrogens (primary N) is 1. The molecule has 2 aromatic rings. The molecule has 42 heavy (non-hydrogen) atoms. The Morgan fingerprint density at radius 3 is 2.52 bits per heavy atom. The van der Waals surface area contributed by atoms with Crippen molar-refractivity contribution in [3.8, 4) is 11.5 Å². The Morgan fingerprint density at radius 2 is 1.79 bits per heavy atom. The number of aliphatic hydroxyl groups excluding tert-OH is 2. The summed E-state index contributed by atoms with van der Waals surface area (Å²) >= 11 is 0. The summed E-state index contributed by atoms with van der Waals surface area (Å²) in [6.07, 6.45) is 19.0. The van der Waals surface area contributed by atoms with E-state index in [9.17, 15) is 15.3 Å². The van der Waals surface area contributed by atoms with E-state index in [1.54, 1.807) is 6.07 Å². The zero-order valence-corrected chi connectivity index (χ0v) is 25.5. The first kappa shape index (κ1) is 32.0. The van der Waals surface area contributed by atoms with Crippen LogP contribution in [0.15, 0.2) is 60.1 Å². The molecule has 0 amide bonds. The van der Waals surface area contributed by atoms with Crippen molar-refractivity contribution in [1.82, 2.24) is 10.3 Å². The van der Waals surface area contributed by atoms with E-state index >= 15 is 0 Å². The highest BCUT2D eigenvalue weighted by Gasteiger charge is 2.44. The van der Waals surface area contributed by atoms with Gasteiger partial charge in [0.05, 0.1) is 24.6 Å². The number of hydrogen-bond acceptors (Lipinski definition) is 6. The Labute approximate surface area is 252 Å². The summed E-state index contributed by atoms with van der Waals surface area (Å²) in [5.74, 6) is 1.53. The van der Waals surface area contributed by atoms with Gasteiger partial charge in [0, 0.05) is 23.9 Å². The lowest BCUT2D eigenvalue weighted by atomic mass is 9.66. The van der Waals surface area contributed by atoms with Crippen molar-refractivity contribution in [2.45, 2.75) is 114 Å². The summed E-state index contributed by atoms with van der Waals surface area (Å²) in [6, 6.07) is 9.74. The summed E-state index contributed by atoms with van der Waals surface area (Å²) in [4.78, 5) is 3.52. The fourth-order valence-electron chi connectivity index (χ4n) is 7.02. The first-order valence-corrected chi connectivity index (χ1v) is 16.3. The molecular weight excluding hydrogens is 526 g/mol. The fourth-order valence-corrected chi connectivity index (χ4v) is 7.02. The number of ether oxygens (including phenoxy) is 1. The van der Waals surface area contributed by atoms with Crippen LogP contribution in [0.2, 0.25) is 0 Å². The molecule has 4 rings (SSSR count). The van der Waals surface area contributed by atoms with Crippen LogP contribution in [-0.4, -0.2) is 45.7 Å². The van der Waals surface area contributed by atoms with Gasteiger partial charge in [-0.2, -0.15) is 0 Å². The van der Waals surface area contributed by atoms with Gasteiger partial charge in [-0.3, -0.25) is 0 Å². The Hall–Kier alpha value is -2.90. The quantitative estimate of drug-likeness (QED) is 0.114. The number of unbranched alkanes of at least 4 members (excludes halogenated alkanes) is 4. The van der Waals surface area contributed by atoms with Crippen LogP contribution in [0.5, 0.6) is 11.5 Å². The lowest BCUT2D eigenvalue weighted by Crippen LogP contribution is -2.37. The summed E-state index contributed by atoms with van der Waals surface area (Å²) in [6.45, 7) is 3.39. The average molecular weight is 580 g/mol. The van der Waals surface area contributed by atoms with Gasteiger partial charge in [0.25, 0.3) is 0 Å². The monoisotopic (exact) mass is 579 g/mol. The Kier molecular flexibility index (Phi) is 12.3. The van der Waals surface area contributed by atoms with Crippen LogP contribution in [0, 0.1) is 5.92 Å². The lowest BCUT2D eigenvalue weighted by Gasteiger charge is -2.39. The number of allylic oxidation sites excluding steroid dienone is 2. The standard InChI is InChI=1S/C35H53N3O4/c1-2-3-4-5-6-10-28(39)25-29(40)14-12-26-13-15-31(41)32(23-26)42-22-17-30(27-16-21-38-34(36)24-27)35(18-7-8-19-35)33-11-9-20-37-33/h9,11,13,15-16,20,23-24,28-30,37-41H,2-8,10,12,14,17-19,21-22,25,36H2,1H3/t28-,29+,30+/m0/s1. The molecule has 1 aliphatic carbocycles. The van der Waals surface area contributed by atoms with Crippen LogP contribution in [0.1, 0.15) is 102 Å². The second-order valence-corrected chi connectivity index (χ2v) is 12.4. The molecule has 0 spiro atoms. The summed E-state index contributed by atoms with van der Waals surface area (Å²) in [5, 5.41) is 34.6. The number of dihydropyridines is 1. The molecule has 1 aromatic heterocycles. The molecule has 2 aliphatic rings. The number of hydrogen-bond donors (Lipinski definition) is 6. The third-order valence-corrected chi connectivity index (χ3v) is 9.31. The van der Waals surface area contributed by atoms with Gasteiger partial charge in [-0.05, 0) is 92.3 Å². The van der Waals surface area contributed by atoms with Gasteiger partial charge in [-0.1, -0.05) is 64.0 Å². The van der Waals surface area contributed by atoms with Gasteiger partial charge in [0.2, 0.25) is 0 Å². The number of phenols is 1. The van der Waals surface area contributed by atoms with Crippen LogP contribution >= 0.6 is 0 Å². The minimum atomic E-state index is -0.552. The molecule has 7 N–H and O–H groups in total. The van der Waals surface area contributed by atoms with Crippen molar-refractivity contribution in [2.75, 3.05) is 13.2 Å². The Bertz CT molecular complexity index is 1140. The molecule has 1 saturated carbocycles. The van der Waals surface area contributed by atoms with E-state index < -0.39 is 12.2 Å². The van der Waals surface area contributed by atoms with Crippen molar-refractivity contribution in [1.29, 1.82) is 0 Å². The van der Waals surface area contributed by atoms with Crippen molar-refractivity contribution >= 4 is 0 Å². The van der Waals surface area contributed by atoms with Crippen LogP contribution in [0.25, 0.3) is 0 Å². The SMILES string of the molecule is CCCCCCC[C@H](O)C[C@H](O)CCc1ccc(O)c(OCC[C@H](C2=CCNC(N)=C2)C2(c3ccc[nH]3)CCCC2)c1. The number of aliphatic hydroxyl groups is 2. The van der Waals surface area contributed by atoms with Crippen molar-refractivity contribution in [2.24, 2.45) is 11.7 Å². The molecule has 0 unspecified atom stereocenters. The maximum absolute atomic E-state index is 10.6. The Morgan fingerprint density at radius 1 is 1.00 bits per heavy atom. The third-order valence-electron chi connectivity index (χ3n) is 9.31. The number of benzene rings is 1. The highest BCUT2D eigenvalue weighted by Crippen LogP contribution is 2.50. The largest absolute Gasteiger partial charge is 0.504 e. The molecular formula is C35H53N3O4. The minimum Gasteiger partial charge on any atom is -0.504 e. The van der Waals surface area contributed by atoms with E-state index in [0.717, 1.165) is 50.6 Å². The van der Waals surface area contributed by atoms with Crippen molar-refractivity contribution < 1.29 is 20.1 Å². The van der Waals surface area contributed by atoms with E-state index in [2.05, 4.69) is 41.5 Å². The summed E-state index contributed by atoms with van der Waals surface area (Å²) in [7, 11) is 0. The molecule has 3 atom stereocenters. The molecule has 2 heterocycles. The number of aromatic nitrogens is 1. The maximum Gasteiger partial charge on any atom is 0.161 e. The molecule has 7 heteroatoms. The highest BCUT2D eigenvalue weighted by atomic mass is 16.5. The average Bonchev–Trinajstić information content (AvgIpc) is 3.69. The number of aromatic amines is 1. The van der Waals surface area contributed by atoms with E-state index in [-0.39, 0.29) is 17.1 Å². The highest BCUT2D eigenvalue weighted by molar-refractivity contribution is 5.42. The molecule has 1 fully saturated rings. The van der Waals surface area contributed by atoms with Gasteiger partial charge in [0.15, 0.2) is 11.5 Å². The summed E-state index contributed by atoms with van der Waals surface area (Å²) < 4.78 is 6.23. The predicted molar refractivity (Wildman–Crippen MR) is 169 cm³/mol. The Balaban J connectivity index is 1.34. The number of aryl methyl sites for hydroxylation is 1. The minimum absolute atomic E-state index is 0.00686. The lowest BCUT2D eigenvalue weighted by molar-refractivity contribution is 0.0697. The first-order valence-electron chi connectivity index (χ1n) is 16.3. The molecule has 0 bridgehead atoms. The van der Waals surface area contributed by atoms with Gasteiger partial charge in [-0.25, -0.2) is 0 Å². The van der Waals surface area contributed by atoms with Crippen LogP contribution in [0.3, 0.4) is 0 Å². The number of nitrogens with one attached hydrogen (secondary N) is 2. The molecule has 1 aromatic carbocycles. The third kappa shape index (κ3) is 8.81. The number of phenolic OH excluding ortho intramolecular Hbond substituents is 1. The molecule has 7 nitrogen and oxygen atoms in total. The normalized spacial score (nSPS) is 18.5. The number of aromatic hydroxyl groups is 1. The van der Waals surface area contributed by atoms with E-state index in [1.807, 2.05) is 18.3 Å². The fraction of sp³-hybridized carbons (Fsp3) is 0.600. The zero-order valence-electron chi connectivity index (χ0n) is 25.5. The second kappa shape index (κ2) is 16.1. The van der Waals surface area contributed by atoms with Crippen molar-refractivity contribution in [3.63, 3.8) is 0 Å². The van der Waals surface area contributed by atoms with Gasteiger partial charge >= 0.3 is 0 Å². The molecule has 0 radical (unpaired) electrons. The molecule has 0 saturated heterocycles. The van der Waals surface area contributed by atoms with Crippen LogP contribution in [0.4, 0.5) is 0 Å². The van der Waals surface area contributed by atoms with Crippen LogP contribution < -0.4 is 15.8 Å². The van der Waals surface area contributed by atoms with E-state index in [4.69, 9.17) is 10.5 Å². The van der Waals surface area contributed by atoms with Gasteiger partial charge in [0.1, 0.15) is 0 Å². The van der Waals surface area contributed by atoms with E-state index in [0.29, 0.717) is 37.4 Å². The van der Waals surface area contributed by atoms with Gasteiger partial charge < -0.3 is 36.1 Å². The molecule has 232 valence electrons. The predicted octanol–water partition coefficient (Wildman–Crippen LogP) is 6.35. The second-order valence-electron chi connectivity index (χ2n) is 12.4. The van der Waals surface area contributed by atoms with Gasteiger partial charge in [-0.15, -0.1) is 0 Å². The smallest absolute Gasteiger partial charge is 0.161 e.